The number of carbonyl (C=O) groups is 1. The quantitative estimate of drug-likeness (QED) is 0.379. The first-order chi connectivity index (χ1) is 17.2. The van der Waals surface area contributed by atoms with Crippen LogP contribution in [0.25, 0.3) is 16.9 Å². The fraction of sp³-hybridized carbons (Fsp3) is 0.292. The molecule has 5 N–H and O–H groups in total. The second kappa shape index (κ2) is 8.77. The zero-order valence-electron chi connectivity index (χ0n) is 19.9. The van der Waals surface area contributed by atoms with Crippen molar-refractivity contribution in [3.8, 4) is 17.3 Å². The average molecular weight is 484 g/mol. The van der Waals surface area contributed by atoms with E-state index in [0.717, 1.165) is 17.8 Å². The summed E-state index contributed by atoms with van der Waals surface area (Å²) in [5.74, 6) is 1.03. The van der Waals surface area contributed by atoms with Gasteiger partial charge in [-0.15, -0.1) is 10.2 Å². The molecule has 12 nitrogen and oxygen atoms in total. The monoisotopic (exact) mass is 483 g/mol. The van der Waals surface area contributed by atoms with Gasteiger partial charge in [0.15, 0.2) is 17.2 Å². The van der Waals surface area contributed by atoms with Gasteiger partial charge in [-0.2, -0.15) is 14.9 Å². The van der Waals surface area contributed by atoms with Crippen LogP contribution in [0.2, 0.25) is 0 Å². The van der Waals surface area contributed by atoms with Crippen molar-refractivity contribution >= 4 is 29.0 Å². The Morgan fingerprint density at radius 2 is 2.03 bits per heavy atom. The molecule has 1 aliphatic heterocycles. The number of hydrogen-bond acceptors (Lipinski definition) is 10. The highest BCUT2D eigenvalue weighted by Gasteiger charge is 2.37. The summed E-state index contributed by atoms with van der Waals surface area (Å²) >= 11 is 0. The van der Waals surface area contributed by atoms with E-state index in [4.69, 9.17) is 21.8 Å². The van der Waals surface area contributed by atoms with Crippen LogP contribution in [-0.2, 0) is 0 Å². The van der Waals surface area contributed by atoms with Crippen molar-refractivity contribution in [1.29, 1.82) is 5.26 Å². The van der Waals surface area contributed by atoms with E-state index in [-0.39, 0.29) is 22.7 Å². The largest absolute Gasteiger partial charge is 0.384 e. The average Bonchev–Trinajstić information content (AvgIpc) is 3.30. The summed E-state index contributed by atoms with van der Waals surface area (Å²) in [5.41, 5.74) is 13.7. The predicted molar refractivity (Wildman–Crippen MR) is 134 cm³/mol. The van der Waals surface area contributed by atoms with Gasteiger partial charge in [-0.05, 0) is 30.7 Å². The molecule has 5 rings (SSSR count). The van der Waals surface area contributed by atoms with Crippen LogP contribution in [0.3, 0.4) is 0 Å². The first-order valence-electron chi connectivity index (χ1n) is 11.4. The smallest absolute Gasteiger partial charge is 0.254 e. The molecule has 0 saturated carbocycles. The van der Waals surface area contributed by atoms with Crippen LogP contribution in [0.15, 0.2) is 42.7 Å². The molecule has 1 unspecified atom stereocenters. The van der Waals surface area contributed by atoms with Crippen LogP contribution < -0.4 is 21.7 Å². The number of primary amides is 1. The molecule has 5 heterocycles. The first kappa shape index (κ1) is 23.0. The van der Waals surface area contributed by atoms with Gasteiger partial charge in [0.1, 0.15) is 17.7 Å². The van der Waals surface area contributed by atoms with Crippen LogP contribution in [0.4, 0.5) is 17.5 Å². The number of nitrogen functional groups attached to an aromatic ring is 1. The highest BCUT2D eigenvalue weighted by molar-refractivity contribution is 5.97. The SMILES string of the molecule is CC1(C)CN(c2ccc(C#N)nn2)CCC1Nc1c(C(N)=O)cnc2cc(-c3ccc(N)nc3)nn12. The van der Waals surface area contributed by atoms with Crippen LogP contribution in [0.5, 0.6) is 0 Å². The van der Waals surface area contributed by atoms with E-state index in [1.165, 1.54) is 6.20 Å². The first-order valence-corrected chi connectivity index (χ1v) is 11.4. The Balaban J connectivity index is 1.46. The van der Waals surface area contributed by atoms with Gasteiger partial charge in [-0.25, -0.2) is 9.97 Å². The van der Waals surface area contributed by atoms with E-state index < -0.39 is 5.91 Å². The number of amides is 1. The van der Waals surface area contributed by atoms with E-state index in [2.05, 4.69) is 44.2 Å². The Hall–Kier alpha value is -4.79. The number of fused-ring (bicyclic) bond motifs is 1. The maximum atomic E-state index is 12.3. The van der Waals surface area contributed by atoms with Crippen molar-refractivity contribution in [2.75, 3.05) is 29.0 Å². The Labute approximate surface area is 207 Å². The van der Waals surface area contributed by atoms with E-state index in [1.807, 2.05) is 24.3 Å². The minimum absolute atomic E-state index is 0.00497. The molecule has 4 aromatic heterocycles. The molecule has 1 saturated heterocycles. The normalized spacial score (nSPS) is 17.0. The Morgan fingerprint density at radius 3 is 2.67 bits per heavy atom. The molecule has 0 aromatic carbocycles. The minimum atomic E-state index is -0.596. The van der Waals surface area contributed by atoms with Gasteiger partial charge in [-0.1, -0.05) is 13.8 Å². The standard InChI is InChI=1S/C24H25N11O/c1-24(2)13-34(20-6-4-15(10-25)31-32-20)8-7-18(24)30-23-16(22(27)36)12-29-21-9-17(33-35(21)23)14-3-5-19(26)28-11-14/h3-6,9,11-12,18,30H,7-8,13H2,1-2H3,(H2,26,28)(H2,27,36). The second-order valence-corrected chi connectivity index (χ2v) is 9.44. The number of nitrogens with zero attached hydrogens (tertiary/aromatic N) is 8. The fourth-order valence-corrected chi connectivity index (χ4v) is 4.49. The van der Waals surface area contributed by atoms with Crippen LogP contribution in [0, 0.1) is 16.7 Å². The lowest BCUT2D eigenvalue weighted by molar-refractivity contribution is 0.1000. The zero-order valence-corrected chi connectivity index (χ0v) is 19.9. The number of aromatic nitrogens is 6. The number of nitrogens with one attached hydrogen (secondary N) is 1. The highest BCUT2D eigenvalue weighted by atomic mass is 16.1. The maximum absolute atomic E-state index is 12.3. The van der Waals surface area contributed by atoms with Crippen molar-refractivity contribution in [2.45, 2.75) is 26.3 Å². The van der Waals surface area contributed by atoms with E-state index >= 15 is 0 Å². The van der Waals surface area contributed by atoms with Gasteiger partial charge in [0.25, 0.3) is 5.91 Å². The van der Waals surface area contributed by atoms with Crippen LogP contribution in [-0.4, -0.2) is 54.8 Å². The number of rotatable bonds is 5. The van der Waals surface area contributed by atoms with Gasteiger partial charge >= 0.3 is 0 Å². The molecule has 1 aliphatic rings. The Kier molecular flexibility index (Phi) is 5.60. The number of nitriles is 1. The van der Waals surface area contributed by atoms with Crippen LogP contribution >= 0.6 is 0 Å². The van der Waals surface area contributed by atoms with E-state index in [0.29, 0.717) is 36.1 Å². The maximum Gasteiger partial charge on any atom is 0.254 e. The Bertz CT molecular complexity index is 1470. The zero-order chi connectivity index (χ0) is 25.4. The second-order valence-electron chi connectivity index (χ2n) is 9.44. The summed E-state index contributed by atoms with van der Waals surface area (Å²) in [6.07, 6.45) is 3.87. The van der Waals surface area contributed by atoms with Gasteiger partial charge in [0, 0.05) is 48.6 Å². The van der Waals surface area contributed by atoms with Crippen molar-refractivity contribution < 1.29 is 4.79 Å². The minimum Gasteiger partial charge on any atom is -0.384 e. The van der Waals surface area contributed by atoms with Crippen molar-refractivity contribution in [3.05, 3.63) is 54.0 Å². The number of carbonyl (C=O) groups excluding carboxylic acids is 1. The Morgan fingerprint density at radius 1 is 1.19 bits per heavy atom. The fourth-order valence-electron chi connectivity index (χ4n) is 4.49. The van der Waals surface area contributed by atoms with Gasteiger partial charge in [-0.3, -0.25) is 4.79 Å². The molecule has 0 radical (unpaired) electrons. The summed E-state index contributed by atoms with van der Waals surface area (Å²) in [4.78, 5) is 23.0. The molecule has 4 aromatic rings. The molecule has 12 heteroatoms. The molecule has 0 aliphatic carbocycles. The third-order valence-corrected chi connectivity index (χ3v) is 6.46. The van der Waals surface area contributed by atoms with Crippen LogP contribution in [0.1, 0.15) is 36.3 Å². The molecular weight excluding hydrogens is 458 g/mol. The number of hydrogen-bond donors (Lipinski definition) is 3. The molecule has 0 spiro atoms. The van der Waals surface area contributed by atoms with Crippen molar-refractivity contribution in [2.24, 2.45) is 11.1 Å². The van der Waals surface area contributed by atoms with Gasteiger partial charge in [0.2, 0.25) is 0 Å². The summed E-state index contributed by atoms with van der Waals surface area (Å²) < 4.78 is 1.61. The number of nitrogens with two attached hydrogens (primary N) is 2. The van der Waals surface area contributed by atoms with Crippen molar-refractivity contribution in [1.82, 2.24) is 29.8 Å². The molecule has 1 amide bonds. The molecule has 1 fully saturated rings. The summed E-state index contributed by atoms with van der Waals surface area (Å²) in [7, 11) is 0. The molecule has 1 atom stereocenters. The summed E-state index contributed by atoms with van der Waals surface area (Å²) in [5, 5.41) is 25.4. The molecular formula is C24H25N11O. The molecule has 182 valence electrons. The third kappa shape index (κ3) is 4.22. The molecule has 36 heavy (non-hydrogen) atoms. The summed E-state index contributed by atoms with van der Waals surface area (Å²) in [6.45, 7) is 5.69. The van der Waals surface area contributed by atoms with Crippen molar-refractivity contribution in [3.63, 3.8) is 0 Å². The van der Waals surface area contributed by atoms with Gasteiger partial charge < -0.3 is 21.7 Å². The molecule has 0 bridgehead atoms. The van der Waals surface area contributed by atoms with E-state index in [9.17, 15) is 4.79 Å². The topological polar surface area (TPSA) is 177 Å². The lowest BCUT2D eigenvalue weighted by Crippen LogP contribution is -2.52. The van der Waals surface area contributed by atoms with Gasteiger partial charge in [0.05, 0.1) is 11.3 Å². The summed E-state index contributed by atoms with van der Waals surface area (Å²) in [6, 6.07) is 10.8. The lowest BCUT2D eigenvalue weighted by Gasteiger charge is -2.45. The third-order valence-electron chi connectivity index (χ3n) is 6.46. The van der Waals surface area contributed by atoms with E-state index in [1.54, 1.807) is 22.8 Å². The lowest BCUT2D eigenvalue weighted by atomic mass is 9.79. The number of pyridine rings is 1. The highest BCUT2D eigenvalue weighted by Crippen LogP contribution is 2.34. The number of anilines is 3. The number of piperidine rings is 1. The predicted octanol–water partition coefficient (Wildman–Crippen LogP) is 1.85.